The summed E-state index contributed by atoms with van der Waals surface area (Å²) in [6.07, 6.45) is 0. The molecule has 0 saturated heterocycles. The fourth-order valence-electron chi connectivity index (χ4n) is 0.593. The second-order valence-corrected chi connectivity index (χ2v) is 1.82. The molecule has 0 aliphatic heterocycles. The first-order valence-electron chi connectivity index (χ1n) is 2.68. The molecule has 10 heavy (non-hydrogen) atoms. The van der Waals surface area contributed by atoms with Crippen LogP contribution in [-0.4, -0.2) is 4.98 Å². The molecule has 54 valence electrons. The van der Waals surface area contributed by atoms with E-state index in [1.807, 2.05) is 0 Å². The fraction of sp³-hybridized carbons (Fsp3) is 0. The largest absolute Gasteiger partial charge is 0.630 e. The SMILES string of the molecule is Nc1ccc([NH2+][O-])c(=O)[nH]1. The van der Waals surface area contributed by atoms with Crippen molar-refractivity contribution in [2.45, 2.75) is 0 Å². The van der Waals surface area contributed by atoms with E-state index in [1.54, 1.807) is 0 Å². The number of aromatic amines is 1. The van der Waals surface area contributed by atoms with Crippen molar-refractivity contribution >= 4 is 11.5 Å². The normalized spacial score (nSPS) is 9.70. The van der Waals surface area contributed by atoms with E-state index >= 15 is 0 Å². The van der Waals surface area contributed by atoms with Gasteiger partial charge in [0, 0.05) is 6.07 Å². The number of aromatic nitrogens is 1. The summed E-state index contributed by atoms with van der Waals surface area (Å²) in [5, 5.41) is 10.1. The molecule has 5 N–H and O–H groups in total. The number of nitrogen functional groups attached to an aromatic ring is 1. The zero-order valence-electron chi connectivity index (χ0n) is 5.13. The minimum atomic E-state index is -0.449. The van der Waals surface area contributed by atoms with Gasteiger partial charge in [0.1, 0.15) is 5.82 Å². The van der Waals surface area contributed by atoms with Crippen LogP contribution in [0, 0.1) is 5.21 Å². The molecule has 1 aromatic heterocycles. The van der Waals surface area contributed by atoms with Gasteiger partial charge in [-0.2, -0.15) is 0 Å². The van der Waals surface area contributed by atoms with Crippen LogP contribution >= 0.6 is 0 Å². The summed E-state index contributed by atoms with van der Waals surface area (Å²) in [5.74, 6) is 0.260. The summed E-state index contributed by atoms with van der Waals surface area (Å²) in [6, 6.07) is 2.84. The van der Waals surface area contributed by atoms with E-state index in [0.29, 0.717) is 5.48 Å². The Morgan fingerprint density at radius 3 is 2.80 bits per heavy atom. The van der Waals surface area contributed by atoms with Crippen LogP contribution in [0.5, 0.6) is 0 Å². The van der Waals surface area contributed by atoms with Gasteiger partial charge in [-0.15, -0.1) is 0 Å². The molecule has 0 amide bonds. The molecule has 0 aromatic carbocycles. The third-order valence-corrected chi connectivity index (χ3v) is 1.09. The predicted octanol–water partition coefficient (Wildman–Crippen LogP) is -1.35. The van der Waals surface area contributed by atoms with Crippen LogP contribution < -0.4 is 16.8 Å². The molecule has 1 rings (SSSR count). The van der Waals surface area contributed by atoms with E-state index in [-0.39, 0.29) is 11.5 Å². The first-order valence-corrected chi connectivity index (χ1v) is 2.68. The van der Waals surface area contributed by atoms with Crippen molar-refractivity contribution in [3.05, 3.63) is 27.7 Å². The van der Waals surface area contributed by atoms with Crippen molar-refractivity contribution < 1.29 is 5.48 Å². The van der Waals surface area contributed by atoms with Gasteiger partial charge in [-0.05, 0) is 6.07 Å². The maximum atomic E-state index is 10.7. The maximum absolute atomic E-state index is 10.7. The monoisotopic (exact) mass is 141 g/mol. The molecule has 0 atom stereocenters. The molecule has 0 aliphatic rings. The Morgan fingerprint density at radius 1 is 1.60 bits per heavy atom. The second kappa shape index (κ2) is 2.51. The van der Waals surface area contributed by atoms with E-state index in [9.17, 15) is 10.0 Å². The zero-order chi connectivity index (χ0) is 7.56. The van der Waals surface area contributed by atoms with E-state index in [4.69, 9.17) is 5.73 Å². The molecule has 0 radical (unpaired) electrons. The van der Waals surface area contributed by atoms with Crippen molar-refractivity contribution in [1.29, 1.82) is 0 Å². The number of H-pyrrole nitrogens is 1. The number of rotatable bonds is 1. The van der Waals surface area contributed by atoms with Crippen molar-refractivity contribution in [2.24, 2.45) is 0 Å². The van der Waals surface area contributed by atoms with Gasteiger partial charge in [-0.1, -0.05) is 0 Å². The number of pyridine rings is 1. The Balaban J connectivity index is 3.20. The minimum Gasteiger partial charge on any atom is -0.630 e. The molecule has 0 spiro atoms. The molecule has 0 saturated carbocycles. The molecule has 0 fully saturated rings. The number of hydrogen-bond donors (Lipinski definition) is 3. The Bertz CT molecular complexity index is 280. The molecular weight excluding hydrogens is 134 g/mol. The van der Waals surface area contributed by atoms with E-state index in [2.05, 4.69) is 4.98 Å². The lowest BCUT2D eigenvalue weighted by Crippen LogP contribution is -2.72. The lowest BCUT2D eigenvalue weighted by molar-refractivity contribution is -0.498. The standard InChI is InChI=1S/C5H7N3O2/c6-4-2-1-3(8-10)5(9)7-4/h1-2H,8H2,(H3,6,7,9). The highest BCUT2D eigenvalue weighted by atomic mass is 16.5. The third-order valence-electron chi connectivity index (χ3n) is 1.09. The molecule has 0 bridgehead atoms. The number of nitrogens with two attached hydrogens (primary N) is 2. The van der Waals surface area contributed by atoms with Gasteiger partial charge in [0.2, 0.25) is 0 Å². The van der Waals surface area contributed by atoms with Crippen LogP contribution in [0.3, 0.4) is 0 Å². The third kappa shape index (κ3) is 1.15. The molecule has 0 unspecified atom stereocenters. The van der Waals surface area contributed by atoms with Crippen LogP contribution in [0.25, 0.3) is 0 Å². The highest BCUT2D eigenvalue weighted by Crippen LogP contribution is 1.93. The number of hydrogen-bond acceptors (Lipinski definition) is 3. The van der Waals surface area contributed by atoms with Crippen LogP contribution in [0.4, 0.5) is 11.5 Å². The van der Waals surface area contributed by atoms with E-state index < -0.39 is 5.56 Å². The number of nitrogens with one attached hydrogen (secondary N) is 1. The highest BCUT2D eigenvalue weighted by Gasteiger charge is 1.96. The van der Waals surface area contributed by atoms with Crippen molar-refractivity contribution in [3.8, 4) is 0 Å². The number of anilines is 1. The zero-order valence-corrected chi connectivity index (χ0v) is 5.13. The van der Waals surface area contributed by atoms with Gasteiger partial charge in [0.15, 0.2) is 5.69 Å². The number of quaternary nitrogens is 1. The van der Waals surface area contributed by atoms with Crippen molar-refractivity contribution in [3.63, 3.8) is 0 Å². The average Bonchev–Trinajstić information content (AvgIpc) is 1.88. The Hall–Kier alpha value is -1.33. The molecule has 5 nitrogen and oxygen atoms in total. The van der Waals surface area contributed by atoms with Gasteiger partial charge in [0.05, 0.1) is 0 Å². The smallest absolute Gasteiger partial charge is 0.310 e. The summed E-state index contributed by atoms with van der Waals surface area (Å²) in [5.41, 5.74) is 5.34. The van der Waals surface area contributed by atoms with Gasteiger partial charge >= 0.3 is 5.56 Å². The Kier molecular flexibility index (Phi) is 1.70. The van der Waals surface area contributed by atoms with Crippen LogP contribution in [0.2, 0.25) is 0 Å². The van der Waals surface area contributed by atoms with Gasteiger partial charge in [-0.3, -0.25) is 4.79 Å². The van der Waals surface area contributed by atoms with Crippen LogP contribution in [-0.2, 0) is 0 Å². The summed E-state index contributed by atoms with van der Waals surface area (Å²) in [4.78, 5) is 13.0. The summed E-state index contributed by atoms with van der Waals surface area (Å²) < 4.78 is 0. The van der Waals surface area contributed by atoms with Crippen molar-refractivity contribution in [1.82, 2.24) is 4.98 Å². The fourth-order valence-corrected chi connectivity index (χ4v) is 0.593. The predicted molar refractivity (Wildman–Crippen MR) is 36.4 cm³/mol. The van der Waals surface area contributed by atoms with Crippen LogP contribution in [0.15, 0.2) is 16.9 Å². The Labute approximate surface area is 56.5 Å². The van der Waals surface area contributed by atoms with Gasteiger partial charge < -0.3 is 21.4 Å². The van der Waals surface area contributed by atoms with E-state index in [0.717, 1.165) is 0 Å². The quantitative estimate of drug-likeness (QED) is 0.421. The summed E-state index contributed by atoms with van der Waals surface area (Å²) in [6.45, 7) is 0. The Morgan fingerprint density at radius 2 is 2.30 bits per heavy atom. The van der Waals surface area contributed by atoms with Crippen molar-refractivity contribution in [2.75, 3.05) is 5.73 Å². The van der Waals surface area contributed by atoms with Gasteiger partial charge in [0.25, 0.3) is 0 Å². The molecular formula is C5H7N3O2. The van der Waals surface area contributed by atoms with Crippen LogP contribution in [0.1, 0.15) is 0 Å². The topological polar surface area (TPSA) is 98.5 Å². The first kappa shape index (κ1) is 6.79. The molecule has 1 aromatic rings. The molecule has 1 heterocycles. The highest BCUT2D eigenvalue weighted by molar-refractivity contribution is 5.35. The lowest BCUT2D eigenvalue weighted by Gasteiger charge is -1.98. The first-order chi connectivity index (χ1) is 4.74. The minimum absolute atomic E-state index is 0.0919. The molecule has 0 aliphatic carbocycles. The van der Waals surface area contributed by atoms with Gasteiger partial charge in [-0.25, -0.2) is 0 Å². The summed E-state index contributed by atoms with van der Waals surface area (Å²) in [7, 11) is 0. The lowest BCUT2D eigenvalue weighted by atomic mass is 10.4. The summed E-state index contributed by atoms with van der Waals surface area (Å²) >= 11 is 0. The average molecular weight is 141 g/mol. The second-order valence-electron chi connectivity index (χ2n) is 1.82. The molecule has 5 heteroatoms. The van der Waals surface area contributed by atoms with E-state index in [1.165, 1.54) is 12.1 Å². The maximum Gasteiger partial charge on any atom is 0.310 e.